The van der Waals surface area contributed by atoms with Crippen LogP contribution in [0, 0.1) is 5.41 Å². The fraction of sp³-hybridized carbons (Fsp3) is 0.667. The molecule has 3 heterocycles. The molecule has 2 aliphatic heterocycles. The summed E-state index contributed by atoms with van der Waals surface area (Å²) in [6.45, 7) is 5.50. The average Bonchev–Trinajstić information content (AvgIpc) is 3.14. The van der Waals surface area contributed by atoms with Crippen molar-refractivity contribution in [1.82, 2.24) is 15.5 Å². The zero-order valence-corrected chi connectivity index (χ0v) is 14.3. The third-order valence-electron chi connectivity index (χ3n) is 5.30. The van der Waals surface area contributed by atoms with Gasteiger partial charge in [-0.15, -0.1) is 0 Å². The predicted octanol–water partition coefficient (Wildman–Crippen LogP) is 1.78. The molecule has 0 aromatic carbocycles. The molecule has 132 valence electrons. The number of likely N-dealkylation sites (tertiary alicyclic amines) is 1. The summed E-state index contributed by atoms with van der Waals surface area (Å²) in [5, 5.41) is 6.45. The zero-order chi connectivity index (χ0) is 17.0. The molecule has 1 aromatic heterocycles. The number of furan rings is 1. The van der Waals surface area contributed by atoms with Crippen LogP contribution in [-0.2, 0) is 4.79 Å². The molecule has 2 saturated heterocycles. The van der Waals surface area contributed by atoms with Gasteiger partial charge in [-0.05, 0) is 62.7 Å². The van der Waals surface area contributed by atoms with Crippen molar-refractivity contribution in [3.63, 3.8) is 0 Å². The highest BCUT2D eigenvalue weighted by Crippen LogP contribution is 2.27. The summed E-state index contributed by atoms with van der Waals surface area (Å²) < 4.78 is 5.22. The van der Waals surface area contributed by atoms with Gasteiger partial charge in [0.15, 0.2) is 5.76 Å². The van der Waals surface area contributed by atoms with Gasteiger partial charge in [0.25, 0.3) is 5.91 Å². The lowest BCUT2D eigenvalue weighted by Crippen LogP contribution is -2.53. The number of carbonyl (C=O) groups excluding carboxylic acids is 2. The van der Waals surface area contributed by atoms with Crippen molar-refractivity contribution in [3.05, 3.63) is 24.2 Å². The van der Waals surface area contributed by atoms with Gasteiger partial charge >= 0.3 is 0 Å². The monoisotopic (exact) mass is 333 g/mol. The second kappa shape index (κ2) is 7.38. The number of amides is 2. The van der Waals surface area contributed by atoms with E-state index >= 15 is 0 Å². The first-order valence-corrected chi connectivity index (χ1v) is 8.92. The number of hydrogen-bond acceptors (Lipinski definition) is 4. The van der Waals surface area contributed by atoms with Gasteiger partial charge in [0, 0.05) is 13.1 Å². The standard InChI is InChI=1S/C18H27N3O3/c1-18(7-9-19-10-8-18)13-20-16(22)14-5-2-3-11-21(14)17(23)15-6-4-12-24-15/h4,6,12,14,19H,2-3,5,7-11,13H2,1H3,(H,20,22). The fourth-order valence-electron chi connectivity index (χ4n) is 3.61. The molecule has 0 radical (unpaired) electrons. The van der Waals surface area contributed by atoms with Crippen molar-refractivity contribution in [2.24, 2.45) is 5.41 Å². The highest BCUT2D eigenvalue weighted by atomic mass is 16.3. The Morgan fingerprint density at radius 2 is 2.17 bits per heavy atom. The summed E-state index contributed by atoms with van der Waals surface area (Å²) in [6, 6.07) is 2.97. The molecule has 0 spiro atoms. The lowest BCUT2D eigenvalue weighted by Gasteiger charge is -2.37. The second-order valence-electron chi connectivity index (χ2n) is 7.27. The van der Waals surface area contributed by atoms with E-state index in [9.17, 15) is 9.59 Å². The molecule has 2 aliphatic rings. The van der Waals surface area contributed by atoms with Crippen LogP contribution in [0.25, 0.3) is 0 Å². The maximum absolute atomic E-state index is 12.7. The Morgan fingerprint density at radius 3 is 2.88 bits per heavy atom. The Labute approximate surface area is 143 Å². The van der Waals surface area contributed by atoms with E-state index in [1.54, 1.807) is 17.0 Å². The third kappa shape index (κ3) is 3.80. The number of nitrogens with zero attached hydrogens (tertiary/aromatic N) is 1. The molecule has 0 saturated carbocycles. The van der Waals surface area contributed by atoms with E-state index in [0.29, 0.717) is 18.8 Å². The number of rotatable bonds is 4. The zero-order valence-electron chi connectivity index (χ0n) is 14.3. The molecule has 6 nitrogen and oxygen atoms in total. The van der Waals surface area contributed by atoms with E-state index in [1.807, 2.05) is 0 Å². The van der Waals surface area contributed by atoms with Crippen LogP contribution in [0.15, 0.2) is 22.8 Å². The lowest BCUT2D eigenvalue weighted by molar-refractivity contribution is -0.127. The summed E-state index contributed by atoms with van der Waals surface area (Å²) in [5.74, 6) is 0.0855. The van der Waals surface area contributed by atoms with Crippen LogP contribution in [0.2, 0.25) is 0 Å². The molecule has 2 fully saturated rings. The number of piperidine rings is 2. The number of hydrogen-bond donors (Lipinski definition) is 2. The average molecular weight is 333 g/mol. The van der Waals surface area contributed by atoms with Crippen LogP contribution in [0.4, 0.5) is 0 Å². The summed E-state index contributed by atoms with van der Waals surface area (Å²) in [4.78, 5) is 27.0. The van der Waals surface area contributed by atoms with Crippen molar-refractivity contribution in [2.75, 3.05) is 26.2 Å². The minimum atomic E-state index is -0.387. The van der Waals surface area contributed by atoms with Crippen molar-refractivity contribution < 1.29 is 14.0 Å². The first kappa shape index (κ1) is 17.0. The first-order chi connectivity index (χ1) is 11.6. The molecule has 3 rings (SSSR count). The molecule has 0 bridgehead atoms. The van der Waals surface area contributed by atoms with E-state index in [1.165, 1.54) is 6.26 Å². The quantitative estimate of drug-likeness (QED) is 0.881. The van der Waals surface area contributed by atoms with Crippen molar-refractivity contribution in [3.8, 4) is 0 Å². The Morgan fingerprint density at radius 1 is 1.38 bits per heavy atom. The Kier molecular flexibility index (Phi) is 5.23. The normalized spacial score (nSPS) is 23.7. The molecule has 6 heteroatoms. The molecular weight excluding hydrogens is 306 g/mol. The first-order valence-electron chi connectivity index (χ1n) is 8.92. The highest BCUT2D eigenvalue weighted by Gasteiger charge is 2.35. The minimum Gasteiger partial charge on any atom is -0.459 e. The molecule has 1 aromatic rings. The molecule has 2 N–H and O–H groups in total. The summed E-state index contributed by atoms with van der Waals surface area (Å²) in [5.41, 5.74) is 0.144. The van der Waals surface area contributed by atoms with Gasteiger partial charge in [-0.1, -0.05) is 6.92 Å². The van der Waals surface area contributed by atoms with E-state index in [4.69, 9.17) is 4.42 Å². The van der Waals surface area contributed by atoms with E-state index < -0.39 is 0 Å². The molecular formula is C18H27N3O3. The van der Waals surface area contributed by atoms with E-state index in [0.717, 1.165) is 45.2 Å². The maximum Gasteiger partial charge on any atom is 0.290 e. The highest BCUT2D eigenvalue weighted by molar-refractivity contribution is 5.95. The van der Waals surface area contributed by atoms with Gasteiger partial charge in [0.1, 0.15) is 6.04 Å². The van der Waals surface area contributed by atoms with E-state index in [-0.39, 0.29) is 23.3 Å². The van der Waals surface area contributed by atoms with Crippen LogP contribution < -0.4 is 10.6 Å². The Bertz CT molecular complexity index is 564. The van der Waals surface area contributed by atoms with Crippen LogP contribution in [0.3, 0.4) is 0 Å². The lowest BCUT2D eigenvalue weighted by atomic mass is 9.81. The SMILES string of the molecule is CC1(CNC(=O)C2CCCCN2C(=O)c2ccco2)CCNCC1. The van der Waals surface area contributed by atoms with Gasteiger partial charge in [-0.25, -0.2) is 0 Å². The van der Waals surface area contributed by atoms with Crippen LogP contribution in [-0.4, -0.2) is 48.9 Å². The second-order valence-corrected chi connectivity index (χ2v) is 7.27. The molecule has 2 amide bonds. The fourth-order valence-corrected chi connectivity index (χ4v) is 3.61. The van der Waals surface area contributed by atoms with E-state index in [2.05, 4.69) is 17.6 Å². The molecule has 1 unspecified atom stereocenters. The Balaban J connectivity index is 1.62. The van der Waals surface area contributed by atoms with Crippen molar-refractivity contribution in [1.29, 1.82) is 0 Å². The van der Waals surface area contributed by atoms with Crippen LogP contribution >= 0.6 is 0 Å². The van der Waals surface area contributed by atoms with Gasteiger partial charge in [-0.3, -0.25) is 9.59 Å². The van der Waals surface area contributed by atoms with Crippen LogP contribution in [0.5, 0.6) is 0 Å². The third-order valence-corrected chi connectivity index (χ3v) is 5.30. The summed E-state index contributed by atoms with van der Waals surface area (Å²) >= 11 is 0. The maximum atomic E-state index is 12.7. The Hall–Kier alpha value is -1.82. The molecule has 24 heavy (non-hydrogen) atoms. The largest absolute Gasteiger partial charge is 0.459 e. The van der Waals surface area contributed by atoms with Gasteiger partial charge in [0.2, 0.25) is 5.91 Å². The summed E-state index contributed by atoms with van der Waals surface area (Å²) in [7, 11) is 0. The smallest absolute Gasteiger partial charge is 0.290 e. The van der Waals surface area contributed by atoms with Crippen molar-refractivity contribution >= 4 is 11.8 Å². The van der Waals surface area contributed by atoms with Gasteiger partial charge < -0.3 is 20.0 Å². The van der Waals surface area contributed by atoms with Crippen LogP contribution in [0.1, 0.15) is 49.6 Å². The molecule has 1 atom stereocenters. The van der Waals surface area contributed by atoms with Gasteiger partial charge in [0.05, 0.1) is 6.26 Å². The number of carbonyl (C=O) groups is 2. The topological polar surface area (TPSA) is 74.6 Å². The predicted molar refractivity (Wildman–Crippen MR) is 90.6 cm³/mol. The van der Waals surface area contributed by atoms with Gasteiger partial charge in [-0.2, -0.15) is 0 Å². The van der Waals surface area contributed by atoms with Crippen molar-refractivity contribution in [2.45, 2.75) is 45.1 Å². The molecule has 0 aliphatic carbocycles. The summed E-state index contributed by atoms with van der Waals surface area (Å²) in [6.07, 6.45) is 6.24. The number of nitrogens with one attached hydrogen (secondary N) is 2. The minimum absolute atomic E-state index is 0.0330.